The highest BCUT2D eigenvalue weighted by molar-refractivity contribution is 5.42. The zero-order valence-electron chi connectivity index (χ0n) is 11.2. The summed E-state index contributed by atoms with van der Waals surface area (Å²) in [7, 11) is 1.98. The van der Waals surface area contributed by atoms with E-state index in [0.29, 0.717) is 6.04 Å². The number of aromatic nitrogens is 2. The van der Waals surface area contributed by atoms with Crippen LogP contribution in [-0.2, 0) is 7.05 Å². The highest BCUT2D eigenvalue weighted by Crippen LogP contribution is 2.17. The molecule has 0 amide bonds. The fraction of sp³-hybridized carbons (Fsp3) is 0.769. The highest BCUT2D eigenvalue weighted by atomic mass is 15.3. The lowest BCUT2D eigenvalue weighted by molar-refractivity contribution is 0.436. The molecule has 0 bridgehead atoms. The molecule has 1 aliphatic rings. The van der Waals surface area contributed by atoms with E-state index in [1.54, 1.807) is 0 Å². The first-order chi connectivity index (χ1) is 8.15. The lowest BCUT2D eigenvalue weighted by atomic mass is 10.0. The van der Waals surface area contributed by atoms with Crippen LogP contribution in [0.3, 0.4) is 0 Å². The molecule has 2 heterocycles. The Balaban J connectivity index is 2.01. The van der Waals surface area contributed by atoms with Gasteiger partial charge in [0.1, 0.15) is 0 Å². The van der Waals surface area contributed by atoms with Gasteiger partial charge in [0, 0.05) is 32.4 Å². The Morgan fingerprint density at radius 3 is 3.00 bits per heavy atom. The Morgan fingerprint density at radius 2 is 2.35 bits per heavy atom. The first-order valence-corrected chi connectivity index (χ1v) is 6.62. The Labute approximate surface area is 104 Å². The lowest BCUT2D eigenvalue weighted by Gasteiger charge is -2.26. The number of hydrogen-bond acceptors (Lipinski definition) is 3. The van der Waals surface area contributed by atoms with Crippen LogP contribution in [0, 0.1) is 5.92 Å². The fourth-order valence-corrected chi connectivity index (χ4v) is 2.53. The molecule has 0 aromatic carbocycles. The second-order valence-corrected chi connectivity index (χ2v) is 5.45. The minimum Gasteiger partial charge on any atom is -0.367 e. The van der Waals surface area contributed by atoms with Gasteiger partial charge in [-0.05, 0) is 25.3 Å². The van der Waals surface area contributed by atoms with E-state index in [1.807, 2.05) is 17.9 Å². The van der Waals surface area contributed by atoms with Crippen molar-refractivity contribution in [2.45, 2.75) is 32.7 Å². The van der Waals surface area contributed by atoms with Crippen LogP contribution in [0.1, 0.15) is 26.7 Å². The Kier molecular flexibility index (Phi) is 4.05. The molecule has 17 heavy (non-hydrogen) atoms. The molecule has 4 nitrogen and oxygen atoms in total. The molecule has 1 aromatic rings. The maximum Gasteiger partial charge on any atom is 0.0752 e. The van der Waals surface area contributed by atoms with Gasteiger partial charge >= 0.3 is 0 Å². The number of rotatable bonds is 3. The van der Waals surface area contributed by atoms with Crippen LogP contribution < -0.4 is 10.2 Å². The van der Waals surface area contributed by atoms with E-state index in [4.69, 9.17) is 0 Å². The zero-order valence-corrected chi connectivity index (χ0v) is 11.2. The van der Waals surface area contributed by atoms with Crippen molar-refractivity contribution in [3.63, 3.8) is 0 Å². The number of anilines is 1. The summed E-state index contributed by atoms with van der Waals surface area (Å²) in [6.45, 7) is 7.95. The van der Waals surface area contributed by atoms with Crippen LogP contribution in [0.15, 0.2) is 12.4 Å². The predicted octanol–water partition coefficient (Wildman–Crippen LogP) is 1.63. The highest BCUT2D eigenvalue weighted by Gasteiger charge is 2.19. The van der Waals surface area contributed by atoms with Gasteiger partial charge in [-0.1, -0.05) is 13.8 Å². The van der Waals surface area contributed by atoms with Crippen molar-refractivity contribution in [2.24, 2.45) is 13.0 Å². The summed E-state index contributed by atoms with van der Waals surface area (Å²) in [4.78, 5) is 2.46. The lowest BCUT2D eigenvalue weighted by Crippen LogP contribution is -2.38. The predicted molar refractivity (Wildman–Crippen MR) is 71.3 cm³/mol. The first-order valence-electron chi connectivity index (χ1n) is 6.62. The molecule has 4 heteroatoms. The second kappa shape index (κ2) is 5.54. The van der Waals surface area contributed by atoms with Crippen LogP contribution in [0.5, 0.6) is 0 Å². The molecule has 0 spiro atoms. The van der Waals surface area contributed by atoms with Crippen molar-refractivity contribution >= 4 is 5.69 Å². The minimum atomic E-state index is 0.609. The quantitative estimate of drug-likeness (QED) is 0.866. The summed E-state index contributed by atoms with van der Waals surface area (Å²) < 4.78 is 1.88. The van der Waals surface area contributed by atoms with Gasteiger partial charge in [0.2, 0.25) is 0 Å². The standard InChI is InChI=1S/C13H24N4/c1-11(2)7-12-9-17(6-4-5-14-12)13-8-15-16(3)10-13/h8,10-12,14H,4-7,9H2,1-3H3. The van der Waals surface area contributed by atoms with Gasteiger partial charge in [-0.2, -0.15) is 5.10 Å². The molecule has 96 valence electrons. The summed E-state index contributed by atoms with van der Waals surface area (Å²) in [6, 6.07) is 0.609. The third-order valence-corrected chi connectivity index (χ3v) is 3.29. The zero-order chi connectivity index (χ0) is 12.3. The monoisotopic (exact) mass is 236 g/mol. The molecule has 1 N–H and O–H groups in total. The summed E-state index contributed by atoms with van der Waals surface area (Å²) in [6.07, 6.45) is 6.54. The van der Waals surface area contributed by atoms with Crippen molar-refractivity contribution in [2.75, 3.05) is 24.5 Å². The topological polar surface area (TPSA) is 33.1 Å². The van der Waals surface area contributed by atoms with Gasteiger partial charge < -0.3 is 10.2 Å². The third kappa shape index (κ3) is 3.46. The molecule has 1 aliphatic heterocycles. The van der Waals surface area contributed by atoms with Crippen LogP contribution in [0.25, 0.3) is 0 Å². The van der Waals surface area contributed by atoms with Crippen molar-refractivity contribution in [3.8, 4) is 0 Å². The summed E-state index contributed by atoms with van der Waals surface area (Å²) in [5.41, 5.74) is 1.25. The fourth-order valence-electron chi connectivity index (χ4n) is 2.53. The number of hydrogen-bond donors (Lipinski definition) is 1. The Hall–Kier alpha value is -1.03. The maximum atomic E-state index is 4.26. The second-order valence-electron chi connectivity index (χ2n) is 5.45. The third-order valence-electron chi connectivity index (χ3n) is 3.29. The maximum absolute atomic E-state index is 4.26. The molecular formula is C13H24N4. The minimum absolute atomic E-state index is 0.609. The average Bonchev–Trinajstić information content (AvgIpc) is 2.55. The molecule has 0 saturated carbocycles. The van der Waals surface area contributed by atoms with E-state index < -0.39 is 0 Å². The van der Waals surface area contributed by atoms with Gasteiger partial charge in [-0.3, -0.25) is 4.68 Å². The summed E-state index contributed by atoms with van der Waals surface area (Å²) in [5.74, 6) is 0.751. The number of nitrogens with zero attached hydrogens (tertiary/aromatic N) is 3. The summed E-state index contributed by atoms with van der Waals surface area (Å²) in [5, 5.41) is 7.91. The van der Waals surface area contributed by atoms with Crippen molar-refractivity contribution in [3.05, 3.63) is 12.4 Å². The molecule has 1 saturated heterocycles. The molecule has 1 atom stereocenters. The van der Waals surface area contributed by atoms with Gasteiger partial charge in [0.05, 0.1) is 11.9 Å². The van der Waals surface area contributed by atoms with Crippen molar-refractivity contribution in [1.82, 2.24) is 15.1 Å². The average molecular weight is 236 g/mol. The largest absolute Gasteiger partial charge is 0.367 e. The van der Waals surface area contributed by atoms with Crippen molar-refractivity contribution < 1.29 is 0 Å². The summed E-state index contributed by atoms with van der Waals surface area (Å²) >= 11 is 0. The Morgan fingerprint density at radius 1 is 1.53 bits per heavy atom. The van der Waals surface area contributed by atoms with Gasteiger partial charge in [0.15, 0.2) is 0 Å². The van der Waals surface area contributed by atoms with Crippen LogP contribution >= 0.6 is 0 Å². The normalized spacial score (nSPS) is 21.9. The van der Waals surface area contributed by atoms with Gasteiger partial charge in [-0.25, -0.2) is 0 Å². The van der Waals surface area contributed by atoms with E-state index in [2.05, 4.69) is 35.4 Å². The van der Waals surface area contributed by atoms with Crippen LogP contribution in [0.4, 0.5) is 5.69 Å². The number of nitrogens with one attached hydrogen (secondary N) is 1. The molecular weight excluding hydrogens is 212 g/mol. The smallest absolute Gasteiger partial charge is 0.0752 e. The molecule has 1 aromatic heterocycles. The SMILES string of the molecule is CC(C)CC1CN(c2cnn(C)c2)CCCN1. The van der Waals surface area contributed by atoms with E-state index >= 15 is 0 Å². The van der Waals surface area contributed by atoms with Crippen molar-refractivity contribution in [1.29, 1.82) is 0 Å². The Bertz CT molecular complexity index is 345. The van der Waals surface area contributed by atoms with E-state index in [0.717, 1.165) is 25.6 Å². The van der Waals surface area contributed by atoms with E-state index in [9.17, 15) is 0 Å². The molecule has 0 aliphatic carbocycles. The molecule has 1 fully saturated rings. The molecule has 0 radical (unpaired) electrons. The molecule has 2 rings (SSSR count). The van der Waals surface area contributed by atoms with E-state index in [1.165, 1.54) is 18.5 Å². The molecule has 1 unspecified atom stereocenters. The first kappa shape index (κ1) is 12.4. The van der Waals surface area contributed by atoms with Crippen LogP contribution in [0.2, 0.25) is 0 Å². The number of aryl methyl sites for hydroxylation is 1. The van der Waals surface area contributed by atoms with Crippen LogP contribution in [-0.4, -0.2) is 35.5 Å². The van der Waals surface area contributed by atoms with E-state index in [-0.39, 0.29) is 0 Å². The van der Waals surface area contributed by atoms with Gasteiger partial charge in [0.25, 0.3) is 0 Å². The van der Waals surface area contributed by atoms with Gasteiger partial charge in [-0.15, -0.1) is 0 Å².